The lowest BCUT2D eigenvalue weighted by molar-refractivity contribution is 0.0240. The first-order chi connectivity index (χ1) is 12.2. The van der Waals surface area contributed by atoms with Crippen LogP contribution >= 0.6 is 0 Å². The van der Waals surface area contributed by atoms with Crippen molar-refractivity contribution in [3.8, 4) is 0 Å². The summed E-state index contributed by atoms with van der Waals surface area (Å²) in [5.74, 6) is 0.136. The summed E-state index contributed by atoms with van der Waals surface area (Å²) < 4.78 is 19.8. The van der Waals surface area contributed by atoms with Gasteiger partial charge in [0, 0.05) is 31.6 Å². The van der Waals surface area contributed by atoms with Crippen LogP contribution in [0.15, 0.2) is 12.4 Å². The molecular formula is C18H22BFN4O2. The van der Waals surface area contributed by atoms with E-state index in [0.717, 1.165) is 0 Å². The number of fused-ring (bicyclic) bond motifs is 1. The van der Waals surface area contributed by atoms with Crippen LogP contribution in [0.25, 0.3) is 10.9 Å². The molecule has 6 nitrogen and oxygen atoms in total. The summed E-state index contributed by atoms with van der Waals surface area (Å²) in [5, 5.41) is 0.627. The molecule has 26 heavy (non-hydrogen) atoms. The van der Waals surface area contributed by atoms with Crippen LogP contribution in [0.3, 0.4) is 0 Å². The second kappa shape index (κ2) is 6.74. The Morgan fingerprint density at radius 2 is 1.88 bits per heavy atom. The Labute approximate surface area is 153 Å². The van der Waals surface area contributed by atoms with E-state index in [1.165, 1.54) is 6.33 Å². The van der Waals surface area contributed by atoms with Crippen LogP contribution in [0.1, 0.15) is 26.3 Å². The minimum Gasteiger partial charge on any atom is -0.444 e. The Morgan fingerprint density at radius 3 is 2.50 bits per heavy atom. The molecule has 3 rings (SSSR count). The highest BCUT2D eigenvalue weighted by atomic mass is 19.1. The molecule has 2 radical (unpaired) electrons. The number of halogens is 1. The highest BCUT2D eigenvalue weighted by Crippen LogP contribution is 2.26. The fourth-order valence-electron chi connectivity index (χ4n) is 2.97. The number of carbonyl (C=O) groups is 1. The highest BCUT2D eigenvalue weighted by Gasteiger charge is 2.27. The largest absolute Gasteiger partial charge is 0.444 e. The van der Waals surface area contributed by atoms with Crippen LogP contribution in [0.5, 0.6) is 0 Å². The quantitative estimate of drug-likeness (QED) is 0.731. The van der Waals surface area contributed by atoms with E-state index in [2.05, 4.69) is 9.97 Å². The average molecular weight is 356 g/mol. The van der Waals surface area contributed by atoms with Gasteiger partial charge in [-0.1, -0.05) is 11.0 Å². The molecule has 1 fully saturated rings. The number of amides is 1. The van der Waals surface area contributed by atoms with E-state index in [0.29, 0.717) is 42.9 Å². The summed E-state index contributed by atoms with van der Waals surface area (Å²) in [7, 11) is 5.77. The van der Waals surface area contributed by atoms with Crippen LogP contribution in [0.4, 0.5) is 15.0 Å². The maximum Gasteiger partial charge on any atom is 0.410 e. The third kappa shape index (κ3) is 3.59. The molecule has 0 spiro atoms. The minimum atomic E-state index is -0.522. The number of hydrogen-bond acceptors (Lipinski definition) is 5. The molecule has 0 aliphatic carbocycles. The summed E-state index contributed by atoms with van der Waals surface area (Å²) in [6.07, 6.45) is 1.02. The van der Waals surface area contributed by atoms with Gasteiger partial charge in [0.1, 0.15) is 36.9 Å². The molecule has 8 heteroatoms. The fraction of sp³-hybridized carbons (Fsp3) is 0.500. The maximum atomic E-state index is 14.4. The summed E-state index contributed by atoms with van der Waals surface area (Å²) in [6, 6.07) is 1.81. The Bertz CT molecular complexity index is 845. The topological polar surface area (TPSA) is 58.6 Å². The van der Waals surface area contributed by atoms with Crippen molar-refractivity contribution in [1.82, 2.24) is 14.9 Å². The smallest absolute Gasteiger partial charge is 0.410 e. The van der Waals surface area contributed by atoms with Gasteiger partial charge in [-0.3, -0.25) is 0 Å². The van der Waals surface area contributed by atoms with Gasteiger partial charge in [-0.15, -0.1) is 0 Å². The number of ether oxygens (including phenoxy) is 1. The van der Waals surface area contributed by atoms with Gasteiger partial charge in [0.15, 0.2) is 0 Å². The van der Waals surface area contributed by atoms with Gasteiger partial charge in [-0.2, -0.15) is 0 Å². The number of piperazine rings is 1. The van der Waals surface area contributed by atoms with Gasteiger partial charge in [0.05, 0.1) is 0 Å². The Balaban J connectivity index is 1.81. The third-order valence-electron chi connectivity index (χ3n) is 4.32. The molecule has 1 amide bonds. The first-order valence-electron chi connectivity index (χ1n) is 8.59. The molecule has 0 N–H and O–H groups in total. The SMILES string of the molecule is [B]c1c(C)cc2c(N3CCN(C(=O)OC(C)(C)C)CC3)ncnc2c1F. The second-order valence-corrected chi connectivity index (χ2v) is 7.47. The number of aromatic nitrogens is 2. The number of carbonyl (C=O) groups excluding carboxylic acids is 1. The summed E-state index contributed by atoms with van der Waals surface area (Å²) in [6.45, 7) is 9.47. The van der Waals surface area contributed by atoms with Crippen molar-refractivity contribution >= 4 is 36.1 Å². The zero-order valence-electron chi connectivity index (χ0n) is 15.5. The van der Waals surface area contributed by atoms with E-state index in [1.807, 2.05) is 31.7 Å². The fourth-order valence-corrected chi connectivity index (χ4v) is 2.97. The van der Waals surface area contributed by atoms with Crippen LogP contribution in [-0.2, 0) is 4.74 Å². The lowest BCUT2D eigenvalue weighted by Gasteiger charge is -2.36. The van der Waals surface area contributed by atoms with Crippen molar-refractivity contribution in [3.05, 3.63) is 23.8 Å². The number of hydrogen-bond donors (Lipinski definition) is 0. The van der Waals surface area contributed by atoms with Crippen molar-refractivity contribution in [1.29, 1.82) is 0 Å². The van der Waals surface area contributed by atoms with E-state index in [1.54, 1.807) is 11.8 Å². The number of aryl methyl sites for hydroxylation is 1. The van der Waals surface area contributed by atoms with Gasteiger partial charge in [-0.05, 0) is 33.8 Å². The molecular weight excluding hydrogens is 334 g/mol. The molecule has 0 unspecified atom stereocenters. The lowest BCUT2D eigenvalue weighted by Crippen LogP contribution is -2.50. The molecule has 0 bridgehead atoms. The molecule has 1 saturated heterocycles. The zero-order chi connectivity index (χ0) is 19.1. The van der Waals surface area contributed by atoms with Crippen LogP contribution in [-0.4, -0.2) is 60.6 Å². The van der Waals surface area contributed by atoms with Gasteiger partial charge in [-0.25, -0.2) is 19.2 Å². The Hall–Kier alpha value is -2.38. The predicted molar refractivity (Wildman–Crippen MR) is 99.6 cm³/mol. The molecule has 2 aromatic rings. The van der Waals surface area contributed by atoms with E-state index in [-0.39, 0.29) is 17.1 Å². The van der Waals surface area contributed by atoms with E-state index < -0.39 is 11.4 Å². The van der Waals surface area contributed by atoms with E-state index >= 15 is 0 Å². The highest BCUT2D eigenvalue weighted by molar-refractivity contribution is 6.34. The summed E-state index contributed by atoms with van der Waals surface area (Å²) in [4.78, 5) is 24.3. The van der Waals surface area contributed by atoms with Crippen molar-refractivity contribution < 1.29 is 13.9 Å². The molecule has 1 aliphatic heterocycles. The van der Waals surface area contributed by atoms with Crippen LogP contribution < -0.4 is 10.4 Å². The monoisotopic (exact) mass is 356 g/mol. The van der Waals surface area contributed by atoms with Crippen LogP contribution in [0.2, 0.25) is 0 Å². The first-order valence-corrected chi connectivity index (χ1v) is 8.59. The molecule has 136 valence electrons. The van der Waals surface area contributed by atoms with Crippen LogP contribution in [0, 0.1) is 12.7 Å². The molecule has 0 saturated carbocycles. The first kappa shape index (κ1) is 18.4. The zero-order valence-corrected chi connectivity index (χ0v) is 15.5. The Morgan fingerprint density at radius 1 is 1.23 bits per heavy atom. The average Bonchev–Trinajstić information content (AvgIpc) is 2.58. The molecule has 1 aromatic heterocycles. The van der Waals surface area contributed by atoms with E-state index in [4.69, 9.17) is 12.6 Å². The van der Waals surface area contributed by atoms with E-state index in [9.17, 15) is 9.18 Å². The standard InChI is InChI=1S/C18H22BFN4O2/c1-11-9-12-15(14(20)13(11)19)21-10-22-16(12)23-5-7-24(8-6-23)17(25)26-18(2,3)4/h9-10H,5-8H2,1-4H3. The molecule has 0 atom stereocenters. The predicted octanol–water partition coefficient (Wildman–Crippen LogP) is 1.93. The second-order valence-electron chi connectivity index (χ2n) is 7.47. The van der Waals surface area contributed by atoms with Gasteiger partial charge in [0.25, 0.3) is 0 Å². The number of nitrogens with zero attached hydrogens (tertiary/aromatic N) is 4. The lowest BCUT2D eigenvalue weighted by atomic mass is 9.89. The number of benzene rings is 1. The molecule has 1 aliphatic rings. The number of rotatable bonds is 1. The van der Waals surface area contributed by atoms with Crippen molar-refractivity contribution in [3.63, 3.8) is 0 Å². The third-order valence-corrected chi connectivity index (χ3v) is 4.32. The van der Waals surface area contributed by atoms with Gasteiger partial charge >= 0.3 is 6.09 Å². The Kier molecular flexibility index (Phi) is 4.77. The van der Waals surface area contributed by atoms with Gasteiger partial charge in [0.2, 0.25) is 0 Å². The van der Waals surface area contributed by atoms with Gasteiger partial charge < -0.3 is 14.5 Å². The minimum absolute atomic E-state index is 0.108. The van der Waals surface area contributed by atoms with Crippen molar-refractivity contribution in [2.75, 3.05) is 31.1 Å². The van der Waals surface area contributed by atoms with Crippen molar-refractivity contribution in [2.45, 2.75) is 33.3 Å². The molecule has 2 heterocycles. The van der Waals surface area contributed by atoms with Crippen molar-refractivity contribution in [2.24, 2.45) is 0 Å². The normalized spacial score (nSPS) is 15.4. The maximum absolute atomic E-state index is 14.4. The summed E-state index contributed by atoms with van der Waals surface area (Å²) >= 11 is 0. The summed E-state index contributed by atoms with van der Waals surface area (Å²) in [5.41, 5.74) is 0.453. The number of anilines is 1. The molecule has 1 aromatic carbocycles.